The molecule has 0 unspecified atom stereocenters. The van der Waals surface area contributed by atoms with Gasteiger partial charge in [0.2, 0.25) is 5.82 Å². The van der Waals surface area contributed by atoms with Crippen molar-refractivity contribution in [2.45, 2.75) is 0 Å². The van der Waals surface area contributed by atoms with Crippen LogP contribution in [0.25, 0.3) is 33.5 Å². The molecule has 0 aliphatic carbocycles. The molecule has 0 atom stereocenters. The number of benzene rings is 3. The molecule has 0 bridgehead atoms. The fourth-order valence-electron chi connectivity index (χ4n) is 3.97. The highest BCUT2D eigenvalue weighted by Crippen LogP contribution is 2.35. The van der Waals surface area contributed by atoms with Crippen molar-refractivity contribution >= 4 is 44.0 Å². The SMILES string of the molecule is C=CCOc1c(C=Nn2c(-c3cc4c(OC)cccc4o3)nc3ccccc3c2=O)cc(Br)cc1OC. The Hall–Kier alpha value is -4.37. The highest BCUT2D eigenvalue weighted by Gasteiger charge is 2.18. The first kappa shape index (κ1) is 24.3. The van der Waals surface area contributed by atoms with Gasteiger partial charge in [0.25, 0.3) is 5.56 Å². The first-order valence-electron chi connectivity index (χ1n) is 11.3. The molecule has 0 aliphatic heterocycles. The van der Waals surface area contributed by atoms with E-state index in [-0.39, 0.29) is 18.0 Å². The number of aromatic nitrogens is 2. The van der Waals surface area contributed by atoms with Crippen molar-refractivity contribution in [2.24, 2.45) is 5.10 Å². The number of para-hydroxylation sites is 1. The summed E-state index contributed by atoms with van der Waals surface area (Å²) in [6.07, 6.45) is 3.16. The Morgan fingerprint density at radius 2 is 1.86 bits per heavy atom. The van der Waals surface area contributed by atoms with E-state index >= 15 is 0 Å². The van der Waals surface area contributed by atoms with Crippen molar-refractivity contribution < 1.29 is 18.6 Å². The minimum Gasteiger partial charge on any atom is -0.496 e. The Balaban J connectivity index is 1.73. The summed E-state index contributed by atoms with van der Waals surface area (Å²) in [5, 5.41) is 5.73. The molecule has 37 heavy (non-hydrogen) atoms. The van der Waals surface area contributed by atoms with Gasteiger partial charge in [0, 0.05) is 10.0 Å². The van der Waals surface area contributed by atoms with Gasteiger partial charge in [-0.15, -0.1) is 0 Å². The fourth-order valence-corrected chi connectivity index (χ4v) is 4.42. The lowest BCUT2D eigenvalue weighted by Crippen LogP contribution is -2.20. The third kappa shape index (κ3) is 4.61. The van der Waals surface area contributed by atoms with Crippen molar-refractivity contribution in [2.75, 3.05) is 20.8 Å². The number of methoxy groups -OCH3 is 2. The second-order valence-corrected chi connectivity index (χ2v) is 8.84. The first-order chi connectivity index (χ1) is 18.0. The number of ether oxygens (including phenoxy) is 3. The lowest BCUT2D eigenvalue weighted by atomic mass is 10.2. The minimum atomic E-state index is -0.347. The quantitative estimate of drug-likeness (QED) is 0.170. The number of fused-ring (bicyclic) bond motifs is 2. The number of furan rings is 1. The molecule has 5 rings (SSSR count). The third-order valence-corrected chi connectivity index (χ3v) is 6.10. The van der Waals surface area contributed by atoms with Crippen LogP contribution in [-0.4, -0.2) is 36.7 Å². The van der Waals surface area contributed by atoms with Gasteiger partial charge in [-0.2, -0.15) is 9.78 Å². The Morgan fingerprint density at radius 1 is 1.05 bits per heavy atom. The number of hydrogen-bond acceptors (Lipinski definition) is 7. The monoisotopic (exact) mass is 559 g/mol. The van der Waals surface area contributed by atoms with Gasteiger partial charge in [0.1, 0.15) is 17.9 Å². The maximum Gasteiger partial charge on any atom is 0.282 e. The van der Waals surface area contributed by atoms with E-state index in [1.54, 1.807) is 50.6 Å². The van der Waals surface area contributed by atoms with Crippen LogP contribution in [0.2, 0.25) is 0 Å². The van der Waals surface area contributed by atoms with Crippen molar-refractivity contribution in [3.63, 3.8) is 0 Å². The molecule has 0 radical (unpaired) electrons. The highest BCUT2D eigenvalue weighted by molar-refractivity contribution is 9.10. The van der Waals surface area contributed by atoms with Crippen LogP contribution in [0.15, 0.2) is 92.1 Å². The van der Waals surface area contributed by atoms with E-state index in [4.69, 9.17) is 23.6 Å². The number of hydrogen-bond donors (Lipinski definition) is 0. The highest BCUT2D eigenvalue weighted by atomic mass is 79.9. The van der Waals surface area contributed by atoms with E-state index < -0.39 is 0 Å². The molecule has 5 aromatic rings. The molecule has 0 saturated heterocycles. The summed E-state index contributed by atoms with van der Waals surface area (Å²) in [6, 6.07) is 18.0. The van der Waals surface area contributed by atoms with E-state index in [1.165, 1.54) is 10.9 Å². The largest absolute Gasteiger partial charge is 0.496 e. The smallest absolute Gasteiger partial charge is 0.282 e. The molecule has 0 N–H and O–H groups in total. The summed E-state index contributed by atoms with van der Waals surface area (Å²) in [7, 11) is 3.14. The van der Waals surface area contributed by atoms with E-state index in [0.717, 1.165) is 9.86 Å². The lowest BCUT2D eigenvalue weighted by Gasteiger charge is -2.13. The van der Waals surface area contributed by atoms with Crippen LogP contribution in [-0.2, 0) is 0 Å². The standard InChI is InChI=1S/C28H22BrN3O5/c1-4-12-36-26-17(13-18(29)14-24(26)35-3)16-30-32-27(31-21-9-6-5-8-19(21)28(32)33)25-15-20-22(34-2)10-7-11-23(20)37-25/h4-11,13-16H,1,12H2,2-3H3. The zero-order valence-electron chi connectivity index (χ0n) is 20.1. The zero-order chi connectivity index (χ0) is 25.9. The topological polar surface area (TPSA) is 88.1 Å². The van der Waals surface area contributed by atoms with Crippen LogP contribution in [0.4, 0.5) is 0 Å². The molecule has 0 saturated carbocycles. The van der Waals surface area contributed by atoms with Gasteiger partial charge in [-0.25, -0.2) is 4.98 Å². The summed E-state index contributed by atoms with van der Waals surface area (Å²) in [5.41, 5.74) is 1.37. The fraction of sp³-hybridized carbons (Fsp3) is 0.107. The molecular weight excluding hydrogens is 538 g/mol. The molecule has 0 spiro atoms. The van der Waals surface area contributed by atoms with Crippen molar-refractivity contribution in [1.82, 2.24) is 9.66 Å². The molecular formula is C28H22BrN3O5. The van der Waals surface area contributed by atoms with Gasteiger partial charge < -0.3 is 18.6 Å². The normalized spacial score (nSPS) is 11.3. The van der Waals surface area contributed by atoms with Gasteiger partial charge in [0.15, 0.2) is 17.3 Å². The molecule has 3 aromatic carbocycles. The number of nitrogens with zero attached hydrogens (tertiary/aromatic N) is 3. The molecule has 0 aliphatic rings. The molecule has 0 amide bonds. The minimum absolute atomic E-state index is 0.244. The Labute approximate surface area is 220 Å². The average molecular weight is 560 g/mol. The maximum atomic E-state index is 13.6. The second-order valence-electron chi connectivity index (χ2n) is 7.92. The Kier molecular flexibility index (Phi) is 6.78. The summed E-state index contributed by atoms with van der Waals surface area (Å²) >= 11 is 3.49. The van der Waals surface area contributed by atoms with E-state index in [9.17, 15) is 4.79 Å². The van der Waals surface area contributed by atoms with Crippen LogP contribution in [0.3, 0.4) is 0 Å². The first-order valence-corrected chi connectivity index (χ1v) is 12.1. The second kappa shape index (κ2) is 10.3. The summed E-state index contributed by atoms with van der Waals surface area (Å²) in [5.74, 6) is 2.23. The van der Waals surface area contributed by atoms with Crippen molar-refractivity contribution in [3.8, 4) is 28.8 Å². The van der Waals surface area contributed by atoms with Crippen molar-refractivity contribution in [3.05, 3.63) is 93.7 Å². The predicted octanol–water partition coefficient (Wildman–Crippen LogP) is 6.04. The van der Waals surface area contributed by atoms with E-state index in [2.05, 4.69) is 27.6 Å². The lowest BCUT2D eigenvalue weighted by molar-refractivity contribution is 0.326. The Morgan fingerprint density at radius 3 is 2.65 bits per heavy atom. The maximum absolute atomic E-state index is 13.6. The number of rotatable bonds is 8. The molecule has 8 nitrogen and oxygen atoms in total. The van der Waals surface area contributed by atoms with Gasteiger partial charge in [-0.05, 0) is 42.5 Å². The molecule has 0 fully saturated rings. The third-order valence-electron chi connectivity index (χ3n) is 5.64. The van der Waals surface area contributed by atoms with Gasteiger partial charge in [-0.1, -0.05) is 46.8 Å². The van der Waals surface area contributed by atoms with Gasteiger partial charge in [-0.3, -0.25) is 4.79 Å². The van der Waals surface area contributed by atoms with Crippen LogP contribution in [0.1, 0.15) is 5.56 Å². The van der Waals surface area contributed by atoms with Crippen LogP contribution < -0.4 is 19.8 Å². The molecule has 2 aromatic heterocycles. The van der Waals surface area contributed by atoms with Crippen LogP contribution >= 0.6 is 15.9 Å². The summed E-state index contributed by atoms with van der Waals surface area (Å²) in [4.78, 5) is 18.3. The molecule has 2 heterocycles. The van der Waals surface area contributed by atoms with Crippen LogP contribution in [0, 0.1) is 0 Å². The molecule has 186 valence electrons. The van der Waals surface area contributed by atoms with Gasteiger partial charge >= 0.3 is 0 Å². The summed E-state index contributed by atoms with van der Waals surface area (Å²) < 4.78 is 24.9. The average Bonchev–Trinajstić information content (AvgIpc) is 3.36. The number of halogens is 1. The summed E-state index contributed by atoms with van der Waals surface area (Å²) in [6.45, 7) is 3.97. The Bertz CT molecular complexity index is 1720. The zero-order valence-corrected chi connectivity index (χ0v) is 21.7. The van der Waals surface area contributed by atoms with E-state index in [1.807, 2.05) is 30.3 Å². The molecule has 9 heteroatoms. The van der Waals surface area contributed by atoms with E-state index in [0.29, 0.717) is 45.1 Å². The van der Waals surface area contributed by atoms with Gasteiger partial charge in [0.05, 0.1) is 36.7 Å². The van der Waals surface area contributed by atoms with Crippen molar-refractivity contribution in [1.29, 1.82) is 0 Å². The predicted molar refractivity (Wildman–Crippen MR) is 147 cm³/mol. The van der Waals surface area contributed by atoms with Crippen LogP contribution in [0.5, 0.6) is 17.2 Å².